The lowest BCUT2D eigenvalue weighted by Crippen LogP contribution is -2.17. The van der Waals surface area contributed by atoms with Crippen LogP contribution in [-0.4, -0.2) is 18.3 Å². The van der Waals surface area contributed by atoms with Crippen molar-refractivity contribution in [1.82, 2.24) is 5.32 Å². The monoisotopic (exact) mass is 241 g/mol. The molecule has 16 heavy (non-hydrogen) atoms. The summed E-state index contributed by atoms with van der Waals surface area (Å²) in [5.74, 6) is 1.34. The summed E-state index contributed by atoms with van der Waals surface area (Å²) < 4.78 is 5.05. The zero-order valence-corrected chi connectivity index (χ0v) is 10.2. The van der Waals surface area contributed by atoms with Gasteiger partial charge in [-0.05, 0) is 18.4 Å². The van der Waals surface area contributed by atoms with E-state index in [1.807, 2.05) is 0 Å². The van der Waals surface area contributed by atoms with Crippen molar-refractivity contribution < 1.29 is 9.84 Å². The van der Waals surface area contributed by atoms with Crippen molar-refractivity contribution >= 4 is 11.6 Å². The molecule has 1 aliphatic rings. The fraction of sp³-hybridized carbons (Fsp3) is 0.500. The Morgan fingerprint density at radius 1 is 1.56 bits per heavy atom. The molecule has 1 saturated carbocycles. The molecule has 2 atom stereocenters. The van der Waals surface area contributed by atoms with Crippen molar-refractivity contribution in [2.24, 2.45) is 5.92 Å². The quantitative estimate of drug-likeness (QED) is 0.851. The summed E-state index contributed by atoms with van der Waals surface area (Å²) in [7, 11) is 1.52. The smallest absolute Gasteiger partial charge is 0.162 e. The lowest BCUT2D eigenvalue weighted by atomic mass is 10.2. The standard InChI is InChI=1S/C12H16ClNO2/c1-7-3-10(7)14-6-8-4-9(13)5-11(16-2)12(8)15/h4-5,7,10,14-15H,3,6H2,1-2H3. The molecule has 0 aromatic heterocycles. The summed E-state index contributed by atoms with van der Waals surface area (Å²) in [5.41, 5.74) is 0.781. The van der Waals surface area contributed by atoms with E-state index in [1.54, 1.807) is 12.1 Å². The number of hydrogen-bond acceptors (Lipinski definition) is 3. The summed E-state index contributed by atoms with van der Waals surface area (Å²) in [5, 5.41) is 13.8. The number of phenolic OH excluding ortho intramolecular Hbond substituents is 1. The number of hydrogen-bond donors (Lipinski definition) is 2. The molecule has 2 rings (SSSR count). The molecule has 0 heterocycles. The molecule has 1 aromatic carbocycles. The highest BCUT2D eigenvalue weighted by atomic mass is 35.5. The summed E-state index contributed by atoms with van der Waals surface area (Å²) in [6.07, 6.45) is 1.21. The minimum absolute atomic E-state index is 0.174. The first-order valence-electron chi connectivity index (χ1n) is 5.40. The van der Waals surface area contributed by atoms with Crippen LogP contribution < -0.4 is 10.1 Å². The second kappa shape index (κ2) is 4.52. The van der Waals surface area contributed by atoms with Gasteiger partial charge in [0, 0.05) is 29.2 Å². The molecule has 2 N–H and O–H groups in total. The molecule has 1 aromatic rings. The molecule has 0 aliphatic heterocycles. The average Bonchev–Trinajstić information content (AvgIpc) is 2.95. The maximum Gasteiger partial charge on any atom is 0.162 e. The Hall–Kier alpha value is -0.930. The van der Waals surface area contributed by atoms with E-state index in [0.717, 1.165) is 11.5 Å². The predicted octanol–water partition coefficient (Wildman–Crippen LogP) is 2.55. The Balaban J connectivity index is 2.09. The van der Waals surface area contributed by atoms with E-state index >= 15 is 0 Å². The summed E-state index contributed by atoms with van der Waals surface area (Å²) >= 11 is 5.94. The lowest BCUT2D eigenvalue weighted by molar-refractivity contribution is 0.369. The molecule has 0 bridgehead atoms. The highest BCUT2D eigenvalue weighted by molar-refractivity contribution is 6.30. The van der Waals surface area contributed by atoms with Crippen LogP contribution in [0.25, 0.3) is 0 Å². The van der Waals surface area contributed by atoms with Gasteiger partial charge in [0.25, 0.3) is 0 Å². The predicted molar refractivity (Wildman–Crippen MR) is 64.1 cm³/mol. The maximum atomic E-state index is 9.89. The first-order valence-corrected chi connectivity index (χ1v) is 5.78. The van der Waals surface area contributed by atoms with E-state index in [0.29, 0.717) is 23.4 Å². The number of ether oxygens (including phenoxy) is 1. The SMILES string of the molecule is COc1cc(Cl)cc(CNC2CC2C)c1O. The molecule has 3 nitrogen and oxygen atoms in total. The van der Waals surface area contributed by atoms with E-state index in [1.165, 1.54) is 13.5 Å². The number of benzene rings is 1. The van der Waals surface area contributed by atoms with Crippen LogP contribution in [0.5, 0.6) is 11.5 Å². The van der Waals surface area contributed by atoms with Gasteiger partial charge in [0.15, 0.2) is 11.5 Å². The zero-order valence-electron chi connectivity index (χ0n) is 9.46. The highest BCUT2D eigenvalue weighted by Crippen LogP contribution is 2.34. The largest absolute Gasteiger partial charge is 0.504 e. The molecule has 0 saturated heterocycles. The molecule has 0 amide bonds. The summed E-state index contributed by atoms with van der Waals surface area (Å²) in [6.45, 7) is 2.83. The highest BCUT2D eigenvalue weighted by Gasteiger charge is 2.31. The molecule has 1 fully saturated rings. The maximum absolute atomic E-state index is 9.89. The minimum Gasteiger partial charge on any atom is -0.504 e. The van der Waals surface area contributed by atoms with Crippen LogP contribution in [-0.2, 0) is 6.54 Å². The topological polar surface area (TPSA) is 41.5 Å². The summed E-state index contributed by atoms with van der Waals surface area (Å²) in [4.78, 5) is 0. The Bertz CT molecular complexity index is 395. The van der Waals surface area contributed by atoms with Gasteiger partial charge in [-0.25, -0.2) is 0 Å². The number of phenols is 1. The first kappa shape index (κ1) is 11.6. The van der Waals surface area contributed by atoms with Crippen molar-refractivity contribution in [3.8, 4) is 11.5 Å². The number of nitrogens with one attached hydrogen (secondary N) is 1. The van der Waals surface area contributed by atoms with Crippen molar-refractivity contribution in [2.45, 2.75) is 25.9 Å². The van der Waals surface area contributed by atoms with E-state index in [4.69, 9.17) is 16.3 Å². The van der Waals surface area contributed by atoms with Crippen LogP contribution in [0.3, 0.4) is 0 Å². The zero-order chi connectivity index (χ0) is 11.7. The van der Waals surface area contributed by atoms with Gasteiger partial charge >= 0.3 is 0 Å². The molecule has 88 valence electrons. The minimum atomic E-state index is 0.174. The van der Waals surface area contributed by atoms with Crippen LogP contribution in [0, 0.1) is 5.92 Å². The van der Waals surface area contributed by atoms with Crippen LogP contribution in [0.15, 0.2) is 12.1 Å². The second-order valence-electron chi connectivity index (χ2n) is 4.32. The van der Waals surface area contributed by atoms with Crippen LogP contribution in [0.4, 0.5) is 0 Å². The molecule has 0 radical (unpaired) electrons. The molecular formula is C12H16ClNO2. The van der Waals surface area contributed by atoms with E-state index in [-0.39, 0.29) is 5.75 Å². The number of aromatic hydroxyl groups is 1. The fourth-order valence-corrected chi connectivity index (χ4v) is 2.00. The third-order valence-corrected chi connectivity index (χ3v) is 3.22. The van der Waals surface area contributed by atoms with Gasteiger partial charge in [0.1, 0.15) is 0 Å². The van der Waals surface area contributed by atoms with Gasteiger partial charge in [-0.15, -0.1) is 0 Å². The molecule has 2 unspecified atom stereocenters. The van der Waals surface area contributed by atoms with Crippen LogP contribution in [0.1, 0.15) is 18.9 Å². The summed E-state index contributed by atoms with van der Waals surface area (Å²) in [6, 6.07) is 3.95. The molecule has 1 aliphatic carbocycles. The van der Waals surface area contributed by atoms with E-state index in [2.05, 4.69) is 12.2 Å². The fourth-order valence-electron chi connectivity index (χ4n) is 1.77. The van der Waals surface area contributed by atoms with Gasteiger partial charge in [0.2, 0.25) is 0 Å². The molecule has 4 heteroatoms. The van der Waals surface area contributed by atoms with Gasteiger partial charge in [-0.1, -0.05) is 18.5 Å². The molecular weight excluding hydrogens is 226 g/mol. The number of methoxy groups -OCH3 is 1. The van der Waals surface area contributed by atoms with Crippen molar-refractivity contribution in [1.29, 1.82) is 0 Å². The Kier molecular flexibility index (Phi) is 3.26. The number of rotatable bonds is 4. The average molecular weight is 242 g/mol. The Morgan fingerprint density at radius 3 is 2.81 bits per heavy atom. The van der Waals surface area contributed by atoms with Crippen LogP contribution in [0.2, 0.25) is 5.02 Å². The van der Waals surface area contributed by atoms with Crippen LogP contribution >= 0.6 is 11.6 Å². The van der Waals surface area contributed by atoms with Crippen molar-refractivity contribution in [3.63, 3.8) is 0 Å². The Labute approximate surface area is 100 Å². The van der Waals surface area contributed by atoms with Gasteiger partial charge < -0.3 is 15.2 Å². The molecule has 0 spiro atoms. The normalized spacial score (nSPS) is 23.2. The van der Waals surface area contributed by atoms with Crippen molar-refractivity contribution in [2.75, 3.05) is 7.11 Å². The van der Waals surface area contributed by atoms with Gasteiger partial charge in [-0.2, -0.15) is 0 Å². The van der Waals surface area contributed by atoms with Gasteiger partial charge in [0.05, 0.1) is 7.11 Å². The third kappa shape index (κ3) is 2.42. The van der Waals surface area contributed by atoms with Crippen molar-refractivity contribution in [3.05, 3.63) is 22.7 Å². The van der Waals surface area contributed by atoms with E-state index < -0.39 is 0 Å². The van der Waals surface area contributed by atoms with Gasteiger partial charge in [-0.3, -0.25) is 0 Å². The first-order chi connectivity index (χ1) is 7.61. The second-order valence-corrected chi connectivity index (χ2v) is 4.75. The number of halogens is 1. The Morgan fingerprint density at radius 2 is 2.25 bits per heavy atom. The lowest BCUT2D eigenvalue weighted by Gasteiger charge is -2.10. The third-order valence-electron chi connectivity index (χ3n) is 3.00. The van der Waals surface area contributed by atoms with E-state index in [9.17, 15) is 5.11 Å².